The Hall–Kier alpha value is -3.60. The number of aromatic nitrogens is 7. The van der Waals surface area contributed by atoms with E-state index in [1.54, 1.807) is 39.4 Å². The van der Waals surface area contributed by atoms with Gasteiger partial charge in [0.1, 0.15) is 17.4 Å². The molecule has 0 radical (unpaired) electrons. The molecule has 0 atom stereocenters. The number of rotatable bonds is 19. The Kier molecular flexibility index (Phi) is 12.9. The zero-order valence-corrected chi connectivity index (χ0v) is 27.0. The molecule has 16 nitrogen and oxygen atoms in total. The molecular formula is C28H48N12O4. The zero-order valence-electron chi connectivity index (χ0n) is 27.0. The van der Waals surface area contributed by atoms with Gasteiger partial charge in [-0.25, -0.2) is 15.0 Å². The maximum Gasteiger partial charge on any atom is 0.244 e. The van der Waals surface area contributed by atoms with Crippen LogP contribution in [0.4, 0.5) is 29.5 Å². The second kappa shape index (κ2) is 17.0. The highest BCUT2D eigenvalue weighted by Gasteiger charge is 2.27. The van der Waals surface area contributed by atoms with Gasteiger partial charge in [0.25, 0.3) is 0 Å². The van der Waals surface area contributed by atoms with Gasteiger partial charge >= 0.3 is 0 Å². The van der Waals surface area contributed by atoms with Crippen LogP contribution in [0.2, 0.25) is 0 Å². The number of aryl methyl sites for hydroxylation is 1. The van der Waals surface area contributed by atoms with Crippen molar-refractivity contribution in [2.24, 2.45) is 7.05 Å². The Morgan fingerprint density at radius 3 is 1.75 bits per heavy atom. The van der Waals surface area contributed by atoms with Crippen LogP contribution < -0.4 is 24.9 Å². The first-order chi connectivity index (χ1) is 21.5. The summed E-state index contributed by atoms with van der Waals surface area (Å²) in [5.74, 6) is 3.33. The molecule has 1 aliphatic rings. The van der Waals surface area contributed by atoms with Gasteiger partial charge in [0.05, 0.1) is 26.4 Å². The van der Waals surface area contributed by atoms with E-state index < -0.39 is 0 Å². The smallest absolute Gasteiger partial charge is 0.244 e. The third-order valence-corrected chi connectivity index (χ3v) is 7.32. The molecule has 0 spiro atoms. The van der Waals surface area contributed by atoms with Crippen molar-refractivity contribution in [1.29, 1.82) is 0 Å². The van der Waals surface area contributed by atoms with Crippen molar-refractivity contribution >= 4 is 40.5 Å². The van der Waals surface area contributed by atoms with E-state index in [4.69, 9.17) is 38.9 Å². The molecule has 4 heterocycles. The number of hydrogen-bond acceptors (Lipinski definition) is 15. The average molecular weight is 617 g/mol. The lowest BCUT2D eigenvalue weighted by Gasteiger charge is -2.35. The first kappa shape index (κ1) is 33.3. The second-order valence-electron chi connectivity index (χ2n) is 10.5. The van der Waals surface area contributed by atoms with E-state index in [9.17, 15) is 0 Å². The van der Waals surface area contributed by atoms with Gasteiger partial charge in [-0.2, -0.15) is 9.97 Å². The van der Waals surface area contributed by atoms with Crippen LogP contribution in [0.5, 0.6) is 0 Å². The molecule has 3 aromatic heterocycles. The molecule has 3 aromatic rings. The lowest BCUT2D eigenvalue weighted by Crippen LogP contribution is -2.47. The van der Waals surface area contributed by atoms with E-state index in [-0.39, 0.29) is 0 Å². The fourth-order valence-corrected chi connectivity index (χ4v) is 4.87. The van der Waals surface area contributed by atoms with Crippen LogP contribution in [-0.4, -0.2) is 148 Å². The zero-order chi connectivity index (χ0) is 31.3. The minimum absolute atomic E-state index is 0.528. The number of hydrogen-bond donors (Lipinski definition) is 1. The number of anilines is 5. The van der Waals surface area contributed by atoms with Crippen molar-refractivity contribution in [3.8, 4) is 0 Å². The monoisotopic (exact) mass is 616 g/mol. The third-order valence-electron chi connectivity index (χ3n) is 7.32. The molecule has 1 N–H and O–H groups in total. The van der Waals surface area contributed by atoms with Crippen LogP contribution in [-0.2, 0) is 26.0 Å². The fraction of sp³-hybridized carbons (Fsp3) is 0.714. The molecule has 244 valence electrons. The molecule has 0 unspecified atom stereocenters. The molecule has 1 aliphatic heterocycles. The van der Waals surface area contributed by atoms with Gasteiger partial charge in [-0.3, -0.25) is 4.68 Å². The van der Waals surface area contributed by atoms with Crippen LogP contribution in [0, 0.1) is 0 Å². The van der Waals surface area contributed by atoms with E-state index in [1.165, 1.54) is 0 Å². The number of methoxy groups -OCH3 is 4. The molecular weight excluding hydrogens is 568 g/mol. The molecule has 44 heavy (non-hydrogen) atoms. The Labute approximate surface area is 259 Å². The fourth-order valence-electron chi connectivity index (χ4n) is 4.87. The van der Waals surface area contributed by atoms with Gasteiger partial charge in [-0.15, -0.1) is 5.10 Å². The number of nitrogens with zero attached hydrogens (tertiary/aromatic N) is 11. The minimum Gasteiger partial charge on any atom is -0.383 e. The maximum atomic E-state index is 5.42. The molecule has 1 saturated heterocycles. The topological polar surface area (TPSA) is 144 Å². The quantitative estimate of drug-likeness (QED) is 0.203. The Morgan fingerprint density at radius 1 is 0.727 bits per heavy atom. The highest BCUT2D eigenvalue weighted by atomic mass is 16.5. The average Bonchev–Trinajstić information content (AvgIpc) is 3.49. The van der Waals surface area contributed by atoms with Gasteiger partial charge < -0.3 is 43.9 Å². The van der Waals surface area contributed by atoms with Crippen molar-refractivity contribution < 1.29 is 18.9 Å². The second-order valence-corrected chi connectivity index (χ2v) is 10.5. The van der Waals surface area contributed by atoms with Gasteiger partial charge in [0, 0.05) is 94.4 Å². The Morgan fingerprint density at radius 2 is 1.25 bits per heavy atom. The Balaban J connectivity index is 1.82. The van der Waals surface area contributed by atoms with Crippen molar-refractivity contribution in [2.75, 3.05) is 139 Å². The van der Waals surface area contributed by atoms with Gasteiger partial charge in [-0.05, 0) is 6.42 Å². The predicted octanol–water partition coefficient (Wildman–Crippen LogP) is 0.895. The van der Waals surface area contributed by atoms with Crippen LogP contribution in [0.25, 0.3) is 11.0 Å². The lowest BCUT2D eigenvalue weighted by atomic mass is 10.2. The van der Waals surface area contributed by atoms with Crippen molar-refractivity contribution in [1.82, 2.24) is 34.7 Å². The molecule has 0 saturated carbocycles. The van der Waals surface area contributed by atoms with Gasteiger partial charge in [0.2, 0.25) is 17.8 Å². The molecule has 4 rings (SSSR count). The minimum atomic E-state index is 0.528. The molecule has 0 bridgehead atoms. The summed E-state index contributed by atoms with van der Waals surface area (Å²) >= 11 is 0. The van der Waals surface area contributed by atoms with Gasteiger partial charge in [0.15, 0.2) is 11.6 Å². The van der Waals surface area contributed by atoms with Crippen LogP contribution in [0.15, 0.2) is 6.33 Å². The number of ether oxygens (including phenoxy) is 4. The van der Waals surface area contributed by atoms with Crippen LogP contribution >= 0.6 is 0 Å². The summed E-state index contributed by atoms with van der Waals surface area (Å²) in [6.07, 6.45) is 2.66. The largest absolute Gasteiger partial charge is 0.383 e. The normalized spacial score (nSPS) is 13.6. The van der Waals surface area contributed by atoms with Crippen molar-refractivity contribution in [3.63, 3.8) is 0 Å². The molecule has 1 fully saturated rings. The van der Waals surface area contributed by atoms with Crippen LogP contribution in [0.1, 0.15) is 13.3 Å². The van der Waals surface area contributed by atoms with E-state index >= 15 is 0 Å². The summed E-state index contributed by atoms with van der Waals surface area (Å²) < 4.78 is 23.4. The van der Waals surface area contributed by atoms with Gasteiger partial charge in [-0.1, -0.05) is 6.92 Å². The van der Waals surface area contributed by atoms with E-state index in [0.29, 0.717) is 94.4 Å². The molecule has 0 amide bonds. The molecule has 0 aromatic carbocycles. The SMILES string of the molecule is CCCNc1nc(N(CCOC)CCOC)nc2c(N3CCN(c4ncn(C)n4)CC3)nc(N(CCOC)CCOC)nc12. The summed E-state index contributed by atoms with van der Waals surface area (Å²) in [6.45, 7) is 10.4. The summed E-state index contributed by atoms with van der Waals surface area (Å²) in [4.78, 5) is 33.4. The van der Waals surface area contributed by atoms with E-state index in [0.717, 1.165) is 37.8 Å². The first-order valence-corrected chi connectivity index (χ1v) is 15.2. The first-order valence-electron chi connectivity index (χ1n) is 15.2. The summed E-state index contributed by atoms with van der Waals surface area (Å²) in [5, 5.41) is 8.01. The lowest BCUT2D eigenvalue weighted by molar-refractivity contribution is 0.189. The highest BCUT2D eigenvalue weighted by molar-refractivity contribution is 5.95. The van der Waals surface area contributed by atoms with E-state index in [2.05, 4.69) is 41.9 Å². The summed E-state index contributed by atoms with van der Waals surface area (Å²) in [7, 11) is 8.65. The molecule has 0 aliphatic carbocycles. The number of fused-ring (bicyclic) bond motifs is 1. The van der Waals surface area contributed by atoms with Crippen molar-refractivity contribution in [3.05, 3.63) is 6.33 Å². The van der Waals surface area contributed by atoms with Crippen molar-refractivity contribution in [2.45, 2.75) is 13.3 Å². The van der Waals surface area contributed by atoms with E-state index in [1.807, 2.05) is 7.05 Å². The maximum absolute atomic E-state index is 5.42. The highest BCUT2D eigenvalue weighted by Crippen LogP contribution is 2.32. The number of piperazine rings is 1. The Bertz CT molecular complexity index is 1270. The summed E-state index contributed by atoms with van der Waals surface area (Å²) in [5.41, 5.74) is 1.37. The standard InChI is InChI=1S/C28H48N12O4/c1-7-8-29-24-22-23(32-27(33-24)39(13-17-41-3)14-18-42-4)25(34-28(31-22)40(15-19-43-5)16-20-44-6)37-9-11-38(12-10-37)26-30-21-36(2)35-26/h21H,7-20H2,1-6H3,(H,29,32,33). The number of nitrogens with one attached hydrogen (secondary N) is 1. The molecule has 16 heteroatoms. The van der Waals surface area contributed by atoms with Crippen LogP contribution in [0.3, 0.4) is 0 Å². The predicted molar refractivity (Wildman–Crippen MR) is 171 cm³/mol. The third kappa shape index (κ3) is 8.52. The summed E-state index contributed by atoms with van der Waals surface area (Å²) in [6, 6.07) is 0.